The molecule has 0 aliphatic rings. The molecule has 0 spiro atoms. The molecule has 0 fully saturated rings. The zero-order chi connectivity index (χ0) is 23.3. The summed E-state index contributed by atoms with van der Waals surface area (Å²) in [5, 5.41) is 9.30. The summed E-state index contributed by atoms with van der Waals surface area (Å²) < 4.78 is 7.52. The number of halogens is 1. The molecule has 0 aliphatic carbocycles. The zero-order valence-corrected chi connectivity index (χ0v) is 19.1. The van der Waals surface area contributed by atoms with Crippen LogP contribution in [0.15, 0.2) is 84.9 Å². The highest BCUT2D eigenvalue weighted by Gasteiger charge is 2.18. The predicted octanol–water partition coefficient (Wildman–Crippen LogP) is 5.27. The fourth-order valence-corrected chi connectivity index (χ4v) is 3.80. The fraction of sp³-hybridized carbons (Fsp3) is 0.115. The number of anilines is 2. The third-order valence-electron chi connectivity index (χ3n) is 5.33. The molecule has 0 aliphatic heterocycles. The molecule has 5 rings (SSSR count). The Morgan fingerprint density at radius 2 is 1.59 bits per heavy atom. The van der Waals surface area contributed by atoms with Crippen LogP contribution in [-0.4, -0.2) is 32.9 Å². The Labute approximate surface area is 202 Å². The molecule has 34 heavy (non-hydrogen) atoms. The van der Waals surface area contributed by atoms with E-state index in [2.05, 4.69) is 10.3 Å². The summed E-state index contributed by atoms with van der Waals surface area (Å²) in [5.74, 6) is 1.79. The Hall–Kier alpha value is -4.10. The Morgan fingerprint density at radius 3 is 2.32 bits per heavy atom. The van der Waals surface area contributed by atoms with Crippen LogP contribution in [0.3, 0.4) is 0 Å². The number of aromatic nitrogens is 4. The number of nitrogens with zero attached hydrogens (tertiary/aromatic N) is 4. The fourth-order valence-electron chi connectivity index (χ4n) is 3.68. The van der Waals surface area contributed by atoms with Gasteiger partial charge < -0.3 is 15.8 Å². The molecule has 0 amide bonds. The van der Waals surface area contributed by atoms with E-state index in [1.165, 1.54) is 0 Å². The van der Waals surface area contributed by atoms with Crippen molar-refractivity contribution >= 4 is 34.4 Å². The van der Waals surface area contributed by atoms with Crippen LogP contribution < -0.4 is 15.8 Å². The van der Waals surface area contributed by atoms with Crippen molar-refractivity contribution < 1.29 is 4.74 Å². The number of nitrogens with two attached hydrogens (primary N) is 1. The Bertz CT molecular complexity index is 1390. The van der Waals surface area contributed by atoms with Gasteiger partial charge in [0.05, 0.1) is 24.2 Å². The van der Waals surface area contributed by atoms with Crippen LogP contribution in [0.1, 0.15) is 5.56 Å². The van der Waals surface area contributed by atoms with Gasteiger partial charge in [-0.2, -0.15) is 4.98 Å². The van der Waals surface area contributed by atoms with E-state index in [1.807, 2.05) is 84.9 Å². The lowest BCUT2D eigenvalue weighted by atomic mass is 10.1. The number of para-hydroxylation sites is 1. The number of nitrogens with one attached hydrogen (secondary N) is 1. The minimum Gasteiger partial charge on any atom is -0.492 e. The molecule has 7 nitrogen and oxygen atoms in total. The Balaban J connectivity index is 1.46. The number of fused-ring (bicyclic) bond motifs is 1. The number of hydrogen-bond donors (Lipinski definition) is 2. The summed E-state index contributed by atoms with van der Waals surface area (Å²) in [6.45, 7) is 1.53. The van der Waals surface area contributed by atoms with Gasteiger partial charge in [0, 0.05) is 10.6 Å². The molecular formula is C26H23ClN6O. The predicted molar refractivity (Wildman–Crippen MR) is 136 cm³/mol. The molecule has 0 atom stereocenters. The minimum absolute atomic E-state index is 0.457. The van der Waals surface area contributed by atoms with Crippen LogP contribution in [0.4, 0.5) is 11.8 Å². The van der Waals surface area contributed by atoms with Gasteiger partial charge in [-0.25, -0.2) is 9.67 Å². The topological polar surface area (TPSA) is 90.9 Å². The van der Waals surface area contributed by atoms with Crippen LogP contribution in [0, 0.1) is 0 Å². The summed E-state index contributed by atoms with van der Waals surface area (Å²) in [7, 11) is 0. The first-order valence-corrected chi connectivity index (χ1v) is 11.3. The van der Waals surface area contributed by atoms with Gasteiger partial charge in [-0.3, -0.25) is 0 Å². The maximum absolute atomic E-state index is 6.55. The maximum Gasteiger partial charge on any atom is 0.225 e. The van der Waals surface area contributed by atoms with E-state index >= 15 is 0 Å². The van der Waals surface area contributed by atoms with Crippen molar-refractivity contribution in [1.29, 1.82) is 0 Å². The molecule has 2 heterocycles. The van der Waals surface area contributed by atoms with Gasteiger partial charge in [-0.1, -0.05) is 72.3 Å². The summed E-state index contributed by atoms with van der Waals surface area (Å²) in [5.41, 5.74) is 9.75. The molecule has 0 radical (unpaired) electrons. The lowest BCUT2D eigenvalue weighted by Crippen LogP contribution is -2.13. The molecule has 5 aromatic rings. The molecule has 170 valence electrons. The van der Waals surface area contributed by atoms with Crippen LogP contribution in [0.25, 0.3) is 22.3 Å². The highest BCUT2D eigenvalue weighted by molar-refractivity contribution is 6.30. The van der Waals surface area contributed by atoms with E-state index < -0.39 is 0 Å². The molecular weight excluding hydrogens is 448 g/mol. The van der Waals surface area contributed by atoms with Crippen molar-refractivity contribution in [2.45, 2.75) is 6.54 Å². The average molecular weight is 471 g/mol. The third kappa shape index (κ3) is 4.79. The van der Waals surface area contributed by atoms with Gasteiger partial charge in [0.15, 0.2) is 5.65 Å². The van der Waals surface area contributed by atoms with Gasteiger partial charge in [0.25, 0.3) is 0 Å². The third-order valence-corrected chi connectivity index (χ3v) is 5.58. The van der Waals surface area contributed by atoms with Crippen LogP contribution in [-0.2, 0) is 6.54 Å². The van der Waals surface area contributed by atoms with Gasteiger partial charge in [-0.15, -0.1) is 5.10 Å². The van der Waals surface area contributed by atoms with Crippen molar-refractivity contribution in [3.05, 3.63) is 95.5 Å². The maximum atomic E-state index is 6.55. The van der Waals surface area contributed by atoms with Crippen LogP contribution in [0.2, 0.25) is 5.02 Å². The van der Waals surface area contributed by atoms with E-state index in [1.54, 1.807) is 4.68 Å². The molecule has 2 aromatic heterocycles. The largest absolute Gasteiger partial charge is 0.492 e. The van der Waals surface area contributed by atoms with Crippen LogP contribution in [0.5, 0.6) is 5.75 Å². The lowest BCUT2D eigenvalue weighted by Gasteiger charge is -2.10. The number of benzene rings is 3. The van der Waals surface area contributed by atoms with Gasteiger partial charge in [0.1, 0.15) is 18.2 Å². The summed E-state index contributed by atoms with van der Waals surface area (Å²) in [4.78, 5) is 9.40. The smallest absolute Gasteiger partial charge is 0.225 e. The summed E-state index contributed by atoms with van der Waals surface area (Å²) >= 11 is 6.11. The van der Waals surface area contributed by atoms with E-state index in [4.69, 9.17) is 32.2 Å². The zero-order valence-electron chi connectivity index (χ0n) is 18.4. The molecule has 0 saturated carbocycles. The normalized spacial score (nSPS) is 11.0. The number of rotatable bonds is 8. The first kappa shape index (κ1) is 21.7. The van der Waals surface area contributed by atoms with E-state index in [0.717, 1.165) is 16.9 Å². The highest BCUT2D eigenvalue weighted by atomic mass is 35.5. The molecule has 0 unspecified atom stereocenters. The highest BCUT2D eigenvalue weighted by Crippen LogP contribution is 2.32. The van der Waals surface area contributed by atoms with E-state index in [9.17, 15) is 0 Å². The summed E-state index contributed by atoms with van der Waals surface area (Å²) in [6, 6.07) is 27.2. The number of nitrogen functional groups attached to an aromatic ring is 1. The van der Waals surface area contributed by atoms with E-state index in [-0.39, 0.29) is 0 Å². The van der Waals surface area contributed by atoms with Crippen molar-refractivity contribution in [3.8, 4) is 17.0 Å². The standard InChI is InChI=1S/C26H23ClN6O/c27-20-13-11-19(12-14-20)23-22-24(28)33(17-18-7-3-1-4-8-18)32-25(22)31-26(30-23)29-15-16-34-21-9-5-2-6-10-21/h1-14H,15-17,28H2,(H,29,31,32). The second-order valence-corrected chi connectivity index (χ2v) is 8.15. The summed E-state index contributed by atoms with van der Waals surface area (Å²) in [6.07, 6.45) is 0. The quantitative estimate of drug-likeness (QED) is 0.300. The van der Waals surface area contributed by atoms with Crippen molar-refractivity contribution in [1.82, 2.24) is 19.7 Å². The number of ether oxygens (including phenoxy) is 1. The van der Waals surface area contributed by atoms with Gasteiger partial charge >= 0.3 is 0 Å². The molecule has 3 N–H and O–H groups in total. The Kier molecular flexibility index (Phi) is 6.27. The van der Waals surface area contributed by atoms with Gasteiger partial charge in [0.2, 0.25) is 5.95 Å². The van der Waals surface area contributed by atoms with Crippen molar-refractivity contribution in [3.63, 3.8) is 0 Å². The average Bonchev–Trinajstić information content (AvgIpc) is 3.18. The second-order valence-electron chi connectivity index (χ2n) is 7.72. The van der Waals surface area contributed by atoms with Crippen molar-refractivity contribution in [2.24, 2.45) is 0 Å². The first-order chi connectivity index (χ1) is 16.7. The SMILES string of the molecule is Nc1c2c(-c3ccc(Cl)cc3)nc(NCCOc3ccccc3)nc2nn1Cc1ccccc1. The van der Waals surface area contributed by atoms with E-state index in [0.29, 0.717) is 53.2 Å². The number of hydrogen-bond acceptors (Lipinski definition) is 6. The molecule has 0 bridgehead atoms. The first-order valence-electron chi connectivity index (χ1n) is 10.9. The minimum atomic E-state index is 0.457. The Morgan fingerprint density at radius 1 is 0.882 bits per heavy atom. The second kappa shape index (κ2) is 9.80. The molecule has 0 saturated heterocycles. The molecule has 3 aromatic carbocycles. The molecule has 8 heteroatoms. The lowest BCUT2D eigenvalue weighted by molar-refractivity contribution is 0.332. The van der Waals surface area contributed by atoms with Crippen molar-refractivity contribution in [2.75, 3.05) is 24.2 Å². The monoisotopic (exact) mass is 470 g/mol. The van der Waals surface area contributed by atoms with Crippen LogP contribution >= 0.6 is 11.6 Å². The van der Waals surface area contributed by atoms with Gasteiger partial charge in [-0.05, 0) is 29.8 Å².